The summed E-state index contributed by atoms with van der Waals surface area (Å²) in [5.41, 5.74) is 5.53. The predicted molar refractivity (Wildman–Crippen MR) is 195 cm³/mol. The van der Waals surface area contributed by atoms with Gasteiger partial charge in [-0.3, -0.25) is 19.2 Å². The van der Waals surface area contributed by atoms with E-state index in [2.05, 4.69) is 50.6 Å². The first-order valence-corrected chi connectivity index (χ1v) is 17.6. The lowest BCUT2D eigenvalue weighted by Gasteiger charge is -2.40. The number of amides is 2. The first kappa shape index (κ1) is 35.0. The van der Waals surface area contributed by atoms with Crippen molar-refractivity contribution in [3.63, 3.8) is 0 Å². The Kier molecular flexibility index (Phi) is 9.09. The van der Waals surface area contributed by atoms with Crippen molar-refractivity contribution >= 4 is 40.5 Å². The van der Waals surface area contributed by atoms with Crippen LogP contribution in [-0.2, 0) is 19.3 Å². The molecule has 2 saturated heterocycles. The van der Waals surface area contributed by atoms with Gasteiger partial charge in [-0.15, -0.1) is 10.2 Å². The lowest BCUT2D eigenvalue weighted by molar-refractivity contribution is -0.137. The molecule has 0 unspecified atom stereocenters. The van der Waals surface area contributed by atoms with E-state index in [9.17, 15) is 22.8 Å². The molecule has 278 valence electrons. The van der Waals surface area contributed by atoms with E-state index in [1.807, 2.05) is 48.5 Å². The van der Waals surface area contributed by atoms with E-state index in [1.165, 1.54) is 13.1 Å². The fourth-order valence-corrected chi connectivity index (χ4v) is 7.23. The van der Waals surface area contributed by atoms with E-state index in [-0.39, 0.29) is 29.3 Å². The number of hydrogen-bond acceptors (Lipinski definition) is 11. The Morgan fingerprint density at radius 2 is 1.70 bits per heavy atom. The molecule has 0 bridgehead atoms. The van der Waals surface area contributed by atoms with Crippen molar-refractivity contribution in [3.8, 4) is 11.1 Å². The molecule has 17 heteroatoms. The highest BCUT2D eigenvalue weighted by molar-refractivity contribution is 6.00. The van der Waals surface area contributed by atoms with Crippen molar-refractivity contribution < 1.29 is 22.8 Å². The van der Waals surface area contributed by atoms with Gasteiger partial charge in [-0.25, -0.2) is 9.97 Å². The van der Waals surface area contributed by atoms with Crippen molar-refractivity contribution in [2.45, 2.75) is 38.1 Å². The molecule has 5 aromatic rings. The van der Waals surface area contributed by atoms with Crippen molar-refractivity contribution in [2.24, 2.45) is 0 Å². The number of aromatic nitrogens is 6. The van der Waals surface area contributed by atoms with Gasteiger partial charge in [0, 0.05) is 70.2 Å². The largest absolute Gasteiger partial charge is 0.417 e. The highest BCUT2D eigenvalue weighted by atomic mass is 19.4. The second-order valence-electron chi connectivity index (χ2n) is 13.6. The van der Waals surface area contributed by atoms with E-state index in [0.717, 1.165) is 79.5 Å². The number of anilines is 5. The molecule has 1 aromatic carbocycles. The van der Waals surface area contributed by atoms with Crippen LogP contribution >= 0.6 is 0 Å². The number of rotatable bonds is 9. The number of alkyl halides is 3. The average molecular weight is 739 g/mol. The van der Waals surface area contributed by atoms with Gasteiger partial charge >= 0.3 is 6.18 Å². The van der Waals surface area contributed by atoms with Crippen molar-refractivity contribution in [1.82, 2.24) is 45.1 Å². The smallest absolute Gasteiger partial charge is 0.366 e. The molecule has 7 heterocycles. The first-order valence-electron chi connectivity index (χ1n) is 17.6. The van der Waals surface area contributed by atoms with Crippen LogP contribution in [0, 0.1) is 0 Å². The zero-order valence-electron chi connectivity index (χ0n) is 29.6. The molecule has 0 atom stereocenters. The summed E-state index contributed by atoms with van der Waals surface area (Å²) in [5, 5.41) is 21.8. The number of carbonyl (C=O) groups is 2. The minimum absolute atomic E-state index is 0.00195. The Bertz CT molecular complexity index is 2210. The minimum atomic E-state index is -4.51. The van der Waals surface area contributed by atoms with Crippen LogP contribution in [0.2, 0.25) is 0 Å². The summed E-state index contributed by atoms with van der Waals surface area (Å²) < 4.78 is 41.2. The third kappa shape index (κ3) is 6.77. The van der Waals surface area contributed by atoms with Crippen LogP contribution in [0.15, 0.2) is 67.0 Å². The Morgan fingerprint density at radius 3 is 2.44 bits per heavy atom. The summed E-state index contributed by atoms with van der Waals surface area (Å²) in [4.78, 5) is 40.5. The molecular weight excluding hydrogens is 701 g/mol. The molecule has 14 nitrogen and oxygen atoms in total. The van der Waals surface area contributed by atoms with Gasteiger partial charge in [-0.05, 0) is 43.2 Å². The molecule has 3 aliphatic rings. The van der Waals surface area contributed by atoms with Crippen LogP contribution in [0.25, 0.3) is 11.1 Å². The molecule has 8 rings (SSSR count). The molecule has 2 fully saturated rings. The fourth-order valence-electron chi connectivity index (χ4n) is 7.23. The summed E-state index contributed by atoms with van der Waals surface area (Å²) in [6.07, 6.45) is 0.188. The molecule has 0 radical (unpaired) electrons. The zero-order valence-corrected chi connectivity index (χ0v) is 29.6. The van der Waals surface area contributed by atoms with Crippen LogP contribution < -0.4 is 20.9 Å². The van der Waals surface area contributed by atoms with Gasteiger partial charge in [0.05, 0.1) is 52.8 Å². The van der Waals surface area contributed by atoms with Crippen LogP contribution in [0.3, 0.4) is 0 Å². The summed E-state index contributed by atoms with van der Waals surface area (Å²) >= 11 is 0. The highest BCUT2D eigenvalue weighted by Gasteiger charge is 2.35. The number of nitrogens with zero attached hydrogens (tertiary/aromatic N) is 9. The second-order valence-corrected chi connectivity index (χ2v) is 13.6. The number of benzene rings is 1. The van der Waals surface area contributed by atoms with Crippen molar-refractivity contribution in [2.75, 3.05) is 55.8 Å². The highest BCUT2D eigenvalue weighted by Crippen LogP contribution is 2.45. The van der Waals surface area contributed by atoms with E-state index in [1.54, 1.807) is 12.1 Å². The molecule has 0 spiro atoms. The number of likely N-dealkylation sites (tertiary alicyclic amines) is 2. The normalized spacial score (nSPS) is 15.7. The van der Waals surface area contributed by atoms with Crippen molar-refractivity contribution in [1.29, 1.82) is 0 Å². The molecular formula is C37H37F3N12O2. The van der Waals surface area contributed by atoms with Gasteiger partial charge in [0.1, 0.15) is 11.5 Å². The summed E-state index contributed by atoms with van der Waals surface area (Å²) in [5.74, 6) is -0.170. The third-order valence-electron chi connectivity index (χ3n) is 9.93. The minimum Gasteiger partial charge on any atom is -0.366 e. The van der Waals surface area contributed by atoms with E-state index < -0.39 is 17.6 Å². The third-order valence-corrected chi connectivity index (χ3v) is 9.93. The molecule has 0 aliphatic carbocycles. The van der Waals surface area contributed by atoms with Crippen LogP contribution in [-0.4, -0.2) is 91.8 Å². The summed E-state index contributed by atoms with van der Waals surface area (Å²) in [6.45, 7) is 4.42. The van der Waals surface area contributed by atoms with Crippen LogP contribution in [0.5, 0.6) is 0 Å². The van der Waals surface area contributed by atoms with Gasteiger partial charge in [0.25, 0.3) is 11.8 Å². The second kappa shape index (κ2) is 14.0. The average Bonchev–Trinajstić information content (AvgIpc) is 3.84. The Labute approximate surface area is 308 Å². The number of carbonyl (C=O) groups excluding carboxylic acids is 2. The van der Waals surface area contributed by atoms with Gasteiger partial charge in [-0.1, -0.05) is 18.2 Å². The van der Waals surface area contributed by atoms with E-state index >= 15 is 0 Å². The van der Waals surface area contributed by atoms with Crippen molar-refractivity contribution in [3.05, 3.63) is 95.3 Å². The lowest BCUT2D eigenvalue weighted by atomic mass is 9.97. The maximum absolute atomic E-state index is 13.0. The van der Waals surface area contributed by atoms with Gasteiger partial charge in [0.15, 0.2) is 11.5 Å². The van der Waals surface area contributed by atoms with Gasteiger partial charge < -0.3 is 25.8 Å². The topological polar surface area (TPSA) is 149 Å². The van der Waals surface area contributed by atoms with Crippen LogP contribution in [0.4, 0.5) is 41.9 Å². The monoisotopic (exact) mass is 738 g/mol. The maximum atomic E-state index is 13.0. The molecule has 3 N–H and O–H groups in total. The lowest BCUT2D eigenvalue weighted by Crippen LogP contribution is -2.48. The molecule has 3 aliphatic heterocycles. The predicted octanol–water partition coefficient (Wildman–Crippen LogP) is 5.24. The molecule has 4 aromatic heterocycles. The molecule has 0 saturated carbocycles. The Hall–Kier alpha value is -6.10. The number of pyridine rings is 2. The van der Waals surface area contributed by atoms with Crippen LogP contribution in [0.1, 0.15) is 56.8 Å². The maximum Gasteiger partial charge on any atom is 0.417 e. The molecule has 2 amide bonds. The summed E-state index contributed by atoms with van der Waals surface area (Å²) in [6, 6.07) is 15.4. The zero-order chi connectivity index (χ0) is 37.6. The number of hydrogen-bond donors (Lipinski definition) is 3. The van der Waals surface area contributed by atoms with Gasteiger partial charge in [-0.2, -0.15) is 18.3 Å². The number of halogens is 3. The number of para-hydroxylation sites is 1. The quantitative estimate of drug-likeness (QED) is 0.182. The first-order chi connectivity index (χ1) is 26.1. The number of nitrogens with one attached hydrogen (secondary N) is 3. The van der Waals surface area contributed by atoms with Gasteiger partial charge in [0.2, 0.25) is 0 Å². The SMILES string of the molecule is CNC(=O)c1nnc(Nc2ccc(C(F)(F)F)cn2)cc1Nc1cccc2c1N(C)Cc1c-2cnn1C1CN(Cc2cccc(C(=O)N3CCCC3)n2)C1. The Morgan fingerprint density at radius 1 is 0.907 bits per heavy atom. The standard InChI is InChI=1S/C37H37F3N12O2/c1-41-35(53)33-29(15-32(47-48-33)46-31-12-11-22(16-42-31)37(38,39)40)45-27-9-6-8-25-26-17-43-52(30(26)21-49(2)34(25)27)24-19-50(20-24)18-23-7-5-10-28(44-23)36(54)51-13-3-4-14-51/h5-12,15-17,24H,3-4,13-14,18-21H2,1-2H3,(H,41,53)(H2,42,45,46,47). The fraction of sp³-hybridized carbons (Fsp3) is 0.324. The number of fused-ring (bicyclic) bond motifs is 3. The van der Waals surface area contributed by atoms with E-state index in [4.69, 9.17) is 5.10 Å². The Balaban J connectivity index is 0.992. The molecule has 54 heavy (non-hydrogen) atoms. The summed E-state index contributed by atoms with van der Waals surface area (Å²) in [7, 11) is 3.48. The van der Waals surface area contributed by atoms with E-state index in [0.29, 0.717) is 30.2 Å².